The highest BCUT2D eigenvalue weighted by atomic mass is 16.5. The lowest BCUT2D eigenvalue weighted by Crippen LogP contribution is -2.38. The molecule has 0 aliphatic carbocycles. The Labute approximate surface area is 145 Å². The summed E-state index contributed by atoms with van der Waals surface area (Å²) in [5.41, 5.74) is 4.35. The fourth-order valence-corrected chi connectivity index (χ4v) is 2.93. The molecule has 0 N–H and O–H groups in total. The summed E-state index contributed by atoms with van der Waals surface area (Å²) in [5, 5.41) is 3.99. The van der Waals surface area contributed by atoms with Crippen molar-refractivity contribution < 1.29 is 14.1 Å². The molecule has 25 heavy (non-hydrogen) atoms. The quantitative estimate of drug-likeness (QED) is 0.711. The second-order valence-corrected chi connectivity index (χ2v) is 6.15. The fraction of sp³-hybridized carbons (Fsp3) is 0.200. The number of fused-ring (bicyclic) bond motifs is 1. The van der Waals surface area contributed by atoms with E-state index in [4.69, 9.17) is 9.26 Å². The van der Waals surface area contributed by atoms with E-state index in [9.17, 15) is 4.79 Å². The summed E-state index contributed by atoms with van der Waals surface area (Å²) in [6, 6.07) is 15.2. The van der Waals surface area contributed by atoms with Crippen molar-refractivity contribution in [2.45, 2.75) is 13.8 Å². The number of anilines is 1. The summed E-state index contributed by atoms with van der Waals surface area (Å²) >= 11 is 0. The first-order valence-electron chi connectivity index (χ1n) is 8.21. The van der Waals surface area contributed by atoms with E-state index in [1.807, 2.05) is 49.4 Å². The number of rotatable bonds is 2. The van der Waals surface area contributed by atoms with E-state index >= 15 is 0 Å². The van der Waals surface area contributed by atoms with Gasteiger partial charge in [0.1, 0.15) is 12.4 Å². The molecule has 5 heteroatoms. The van der Waals surface area contributed by atoms with Crippen molar-refractivity contribution in [1.82, 2.24) is 5.16 Å². The average molecular weight is 334 g/mol. The van der Waals surface area contributed by atoms with Gasteiger partial charge in [0.2, 0.25) is 0 Å². The predicted octanol–water partition coefficient (Wildman–Crippen LogP) is 4.00. The SMILES string of the molecule is Cc1ccc(-c2cc(C(=O)N3CCOc4ccccc43)no2)cc1C. The number of hydrogen-bond acceptors (Lipinski definition) is 4. The number of hydrogen-bond donors (Lipinski definition) is 0. The number of amides is 1. The molecule has 0 fully saturated rings. The zero-order valence-electron chi connectivity index (χ0n) is 14.2. The molecule has 1 aromatic heterocycles. The highest BCUT2D eigenvalue weighted by Gasteiger charge is 2.26. The van der Waals surface area contributed by atoms with Gasteiger partial charge < -0.3 is 9.26 Å². The predicted molar refractivity (Wildman–Crippen MR) is 95.0 cm³/mol. The van der Waals surface area contributed by atoms with Crippen LogP contribution in [0.1, 0.15) is 21.6 Å². The topological polar surface area (TPSA) is 55.6 Å². The van der Waals surface area contributed by atoms with E-state index in [2.05, 4.69) is 12.1 Å². The first-order valence-corrected chi connectivity index (χ1v) is 8.21. The van der Waals surface area contributed by atoms with E-state index in [1.54, 1.807) is 11.0 Å². The Morgan fingerprint density at radius 1 is 1.08 bits per heavy atom. The molecule has 0 unspecified atom stereocenters. The van der Waals surface area contributed by atoms with Gasteiger partial charge in [-0.1, -0.05) is 29.4 Å². The van der Waals surface area contributed by atoms with Crippen molar-refractivity contribution in [2.75, 3.05) is 18.1 Å². The van der Waals surface area contributed by atoms with E-state index in [0.717, 1.165) is 11.3 Å². The van der Waals surface area contributed by atoms with Crippen molar-refractivity contribution in [3.05, 3.63) is 65.4 Å². The van der Waals surface area contributed by atoms with Crippen LogP contribution in [-0.2, 0) is 0 Å². The van der Waals surface area contributed by atoms with Gasteiger partial charge >= 0.3 is 0 Å². The largest absolute Gasteiger partial charge is 0.490 e. The van der Waals surface area contributed by atoms with Crippen molar-refractivity contribution in [3.63, 3.8) is 0 Å². The molecule has 0 saturated heterocycles. The third-order valence-corrected chi connectivity index (χ3v) is 4.49. The Balaban J connectivity index is 1.64. The van der Waals surface area contributed by atoms with Gasteiger partial charge in [-0.2, -0.15) is 0 Å². The van der Waals surface area contributed by atoms with Crippen LogP contribution in [0.15, 0.2) is 53.1 Å². The normalized spacial score (nSPS) is 13.3. The van der Waals surface area contributed by atoms with Crippen molar-refractivity contribution >= 4 is 11.6 Å². The number of aromatic nitrogens is 1. The summed E-state index contributed by atoms with van der Waals surface area (Å²) in [7, 11) is 0. The molecule has 0 bridgehead atoms. The van der Waals surface area contributed by atoms with Gasteiger partial charge in [-0.05, 0) is 43.2 Å². The van der Waals surface area contributed by atoms with E-state index < -0.39 is 0 Å². The molecule has 0 saturated carbocycles. The van der Waals surface area contributed by atoms with Crippen molar-refractivity contribution in [1.29, 1.82) is 0 Å². The summed E-state index contributed by atoms with van der Waals surface area (Å²) in [4.78, 5) is 14.6. The number of para-hydroxylation sites is 2. The fourth-order valence-electron chi connectivity index (χ4n) is 2.93. The van der Waals surface area contributed by atoms with Crippen LogP contribution in [0.25, 0.3) is 11.3 Å². The van der Waals surface area contributed by atoms with Crippen LogP contribution in [0.4, 0.5) is 5.69 Å². The second-order valence-electron chi connectivity index (χ2n) is 6.15. The van der Waals surface area contributed by atoms with Crippen molar-refractivity contribution in [2.24, 2.45) is 0 Å². The van der Waals surface area contributed by atoms with Gasteiger partial charge in [-0.3, -0.25) is 9.69 Å². The number of ether oxygens (including phenoxy) is 1. The monoisotopic (exact) mass is 334 g/mol. The van der Waals surface area contributed by atoms with Crippen LogP contribution in [-0.4, -0.2) is 24.2 Å². The summed E-state index contributed by atoms with van der Waals surface area (Å²) in [6.45, 7) is 5.06. The molecule has 0 atom stereocenters. The molecule has 0 radical (unpaired) electrons. The van der Waals surface area contributed by atoms with Crippen LogP contribution in [0.3, 0.4) is 0 Å². The van der Waals surface area contributed by atoms with Crippen LogP contribution in [0.5, 0.6) is 5.75 Å². The molecule has 126 valence electrons. The maximum atomic E-state index is 12.9. The molecule has 2 aromatic carbocycles. The zero-order chi connectivity index (χ0) is 17.4. The summed E-state index contributed by atoms with van der Waals surface area (Å²) in [6.07, 6.45) is 0. The smallest absolute Gasteiger partial charge is 0.280 e. The van der Waals surface area contributed by atoms with Gasteiger partial charge in [0, 0.05) is 11.6 Å². The van der Waals surface area contributed by atoms with E-state index in [0.29, 0.717) is 30.4 Å². The number of carbonyl (C=O) groups is 1. The summed E-state index contributed by atoms with van der Waals surface area (Å²) in [5.74, 6) is 1.11. The third-order valence-electron chi connectivity index (χ3n) is 4.49. The van der Waals surface area contributed by atoms with Crippen LogP contribution in [0.2, 0.25) is 0 Å². The lowest BCUT2D eigenvalue weighted by Gasteiger charge is -2.28. The minimum Gasteiger partial charge on any atom is -0.490 e. The van der Waals surface area contributed by atoms with Gasteiger partial charge in [0.15, 0.2) is 11.5 Å². The van der Waals surface area contributed by atoms with Gasteiger partial charge in [0.25, 0.3) is 5.91 Å². The molecule has 3 aromatic rings. The Bertz CT molecular complexity index is 946. The van der Waals surface area contributed by atoms with Crippen molar-refractivity contribution in [3.8, 4) is 17.1 Å². The Hall–Kier alpha value is -3.08. The van der Waals surface area contributed by atoms with Crippen LogP contribution < -0.4 is 9.64 Å². The average Bonchev–Trinajstić information content (AvgIpc) is 3.13. The Kier molecular flexibility index (Phi) is 3.76. The minimum atomic E-state index is -0.186. The maximum Gasteiger partial charge on any atom is 0.280 e. The molecule has 4 rings (SSSR count). The maximum absolute atomic E-state index is 12.9. The zero-order valence-corrected chi connectivity index (χ0v) is 14.2. The molecule has 5 nitrogen and oxygen atoms in total. The lowest BCUT2D eigenvalue weighted by atomic mass is 10.0. The van der Waals surface area contributed by atoms with Gasteiger partial charge in [-0.15, -0.1) is 0 Å². The molecule has 1 aliphatic heterocycles. The molecule has 1 amide bonds. The molecular formula is C20H18N2O3. The number of nitrogens with zero attached hydrogens (tertiary/aromatic N) is 2. The van der Waals surface area contributed by atoms with E-state index in [1.165, 1.54) is 11.1 Å². The lowest BCUT2D eigenvalue weighted by molar-refractivity contribution is 0.0968. The Morgan fingerprint density at radius 2 is 1.92 bits per heavy atom. The standard InChI is InChI=1S/C20H18N2O3/c1-13-7-8-15(11-14(13)2)19-12-16(21-25-19)20(23)22-9-10-24-18-6-4-3-5-17(18)22/h3-8,11-12H,9-10H2,1-2H3. The first kappa shape index (κ1) is 15.4. The molecule has 0 spiro atoms. The van der Waals surface area contributed by atoms with Crippen LogP contribution >= 0.6 is 0 Å². The highest BCUT2D eigenvalue weighted by molar-refractivity contribution is 6.06. The molecule has 2 heterocycles. The first-order chi connectivity index (χ1) is 12.1. The minimum absolute atomic E-state index is 0.186. The molecular weight excluding hydrogens is 316 g/mol. The second kappa shape index (κ2) is 6.09. The number of benzene rings is 2. The van der Waals surface area contributed by atoms with E-state index in [-0.39, 0.29) is 5.91 Å². The third kappa shape index (κ3) is 2.78. The highest BCUT2D eigenvalue weighted by Crippen LogP contribution is 2.32. The summed E-state index contributed by atoms with van der Waals surface area (Å²) < 4.78 is 11.0. The van der Waals surface area contributed by atoms with Gasteiger partial charge in [-0.25, -0.2) is 0 Å². The molecule has 1 aliphatic rings. The number of carbonyl (C=O) groups excluding carboxylic acids is 1. The Morgan fingerprint density at radius 3 is 2.76 bits per heavy atom. The van der Waals surface area contributed by atoms with Crippen LogP contribution in [0, 0.1) is 13.8 Å². The number of aryl methyl sites for hydroxylation is 2. The van der Waals surface area contributed by atoms with Gasteiger partial charge in [0.05, 0.1) is 12.2 Å².